The van der Waals surface area contributed by atoms with Crippen LogP contribution in [0.25, 0.3) is 5.57 Å². The van der Waals surface area contributed by atoms with Crippen molar-refractivity contribution in [2.24, 2.45) is 0 Å². The molecular formula is C20H19FN2OS. The van der Waals surface area contributed by atoms with Crippen molar-refractivity contribution in [2.45, 2.75) is 26.4 Å². The van der Waals surface area contributed by atoms with Gasteiger partial charge in [-0.3, -0.25) is 0 Å². The van der Waals surface area contributed by atoms with Crippen molar-refractivity contribution >= 4 is 23.2 Å². The Hall–Kier alpha value is -2.45. The lowest BCUT2D eigenvalue weighted by molar-refractivity contribution is 0.149. The molecule has 0 unspecified atom stereocenters. The minimum absolute atomic E-state index is 0.300. The van der Waals surface area contributed by atoms with Gasteiger partial charge in [-0.05, 0) is 50.1 Å². The van der Waals surface area contributed by atoms with Gasteiger partial charge in [0.25, 0.3) is 0 Å². The van der Waals surface area contributed by atoms with Crippen molar-refractivity contribution in [1.29, 1.82) is 5.26 Å². The molecule has 5 heteroatoms. The molecule has 0 saturated heterocycles. The summed E-state index contributed by atoms with van der Waals surface area (Å²) in [7, 11) is 0. The molecule has 0 fully saturated rings. The van der Waals surface area contributed by atoms with Crippen LogP contribution < -0.4 is 9.46 Å². The van der Waals surface area contributed by atoms with Crippen LogP contribution in [-0.2, 0) is 0 Å². The topological polar surface area (TPSA) is 45.0 Å². The number of rotatable bonds is 3. The molecule has 2 aromatic carbocycles. The lowest BCUT2D eigenvalue weighted by Gasteiger charge is -2.35. The highest BCUT2D eigenvalue weighted by Gasteiger charge is 2.36. The van der Waals surface area contributed by atoms with Gasteiger partial charge in [-0.25, -0.2) is 4.39 Å². The normalized spacial score (nSPS) is 15.2. The largest absolute Gasteiger partial charge is 0.482 e. The molecule has 1 heterocycles. The molecule has 0 aliphatic carbocycles. The summed E-state index contributed by atoms with van der Waals surface area (Å²) in [5.74, 6) is 0.422. The lowest BCUT2D eigenvalue weighted by Crippen LogP contribution is -2.34. The van der Waals surface area contributed by atoms with Gasteiger partial charge in [0.05, 0.1) is 11.6 Å². The number of nitrogens with zero attached hydrogens (tertiary/aromatic N) is 1. The van der Waals surface area contributed by atoms with E-state index in [4.69, 9.17) is 4.74 Å². The van der Waals surface area contributed by atoms with Gasteiger partial charge in [0.2, 0.25) is 0 Å². The zero-order chi connectivity index (χ0) is 18.2. The summed E-state index contributed by atoms with van der Waals surface area (Å²) in [6, 6.07) is 12.5. The first kappa shape index (κ1) is 17.4. The molecule has 0 bridgehead atoms. The van der Waals surface area contributed by atoms with E-state index < -0.39 is 5.60 Å². The van der Waals surface area contributed by atoms with Crippen molar-refractivity contribution in [1.82, 2.24) is 0 Å². The number of hydrogen-bond acceptors (Lipinski definition) is 4. The fourth-order valence-corrected chi connectivity index (χ4v) is 3.53. The maximum atomic E-state index is 13.4. The Kier molecular flexibility index (Phi) is 4.49. The Balaban J connectivity index is 2.31. The number of nitrogens with one attached hydrogen (secondary N) is 1. The third-order valence-electron chi connectivity index (χ3n) is 4.23. The van der Waals surface area contributed by atoms with Crippen molar-refractivity contribution in [3.8, 4) is 11.8 Å². The third kappa shape index (κ3) is 3.10. The summed E-state index contributed by atoms with van der Waals surface area (Å²) in [6.07, 6.45) is 1.96. The number of fused-ring (bicyclic) bond motifs is 1. The zero-order valence-electron chi connectivity index (χ0n) is 14.6. The van der Waals surface area contributed by atoms with Crippen molar-refractivity contribution in [3.63, 3.8) is 0 Å². The highest BCUT2D eigenvalue weighted by atomic mass is 32.2. The minimum Gasteiger partial charge on any atom is -0.482 e. The molecule has 0 saturated carbocycles. The molecule has 1 aliphatic rings. The predicted octanol–water partition coefficient (Wildman–Crippen LogP) is 5.32. The smallest absolute Gasteiger partial charge is 0.139 e. The van der Waals surface area contributed by atoms with Gasteiger partial charge < -0.3 is 9.46 Å². The fraction of sp³-hybridized carbons (Fsp3) is 0.250. The van der Waals surface area contributed by atoms with Crippen molar-refractivity contribution in [3.05, 3.63) is 64.5 Å². The molecule has 0 radical (unpaired) electrons. The zero-order valence-corrected chi connectivity index (χ0v) is 15.4. The summed E-state index contributed by atoms with van der Waals surface area (Å²) >= 11 is 1.51. The van der Waals surface area contributed by atoms with Crippen LogP contribution in [0.5, 0.6) is 5.75 Å². The highest BCUT2D eigenvalue weighted by molar-refractivity contribution is 7.99. The van der Waals surface area contributed by atoms with Crippen LogP contribution in [0.2, 0.25) is 0 Å². The average molecular weight is 354 g/mol. The summed E-state index contributed by atoms with van der Waals surface area (Å²) in [5.41, 5.74) is 4.21. The number of benzene rings is 2. The summed E-state index contributed by atoms with van der Waals surface area (Å²) in [5, 5.41) is 9.79. The molecule has 0 atom stereocenters. The fourth-order valence-electron chi connectivity index (χ4n) is 3.18. The van der Waals surface area contributed by atoms with Crippen LogP contribution in [0, 0.1) is 24.1 Å². The second-order valence-electron chi connectivity index (χ2n) is 6.45. The average Bonchev–Trinajstić information content (AvgIpc) is 2.53. The van der Waals surface area contributed by atoms with Crippen LogP contribution in [0.4, 0.5) is 10.1 Å². The van der Waals surface area contributed by atoms with Crippen molar-refractivity contribution < 1.29 is 9.13 Å². The van der Waals surface area contributed by atoms with Gasteiger partial charge in [0.1, 0.15) is 17.2 Å². The maximum Gasteiger partial charge on any atom is 0.139 e. The molecule has 0 amide bonds. The molecular weight excluding hydrogens is 335 g/mol. The standard InChI is InChI=1S/C20H19FN2OS/c1-12-9-15(23-25-4)10-17-18(12)19(13-5-7-14(21)8-6-13)16(11-22)20(2,3)24-17/h5-10,23H,1-4H3. The van der Waals surface area contributed by atoms with Gasteiger partial charge in [-0.15, -0.1) is 0 Å². The van der Waals surface area contributed by atoms with Crippen molar-refractivity contribution in [2.75, 3.05) is 11.0 Å². The Labute approximate surface area is 151 Å². The number of anilines is 1. The first-order valence-electron chi connectivity index (χ1n) is 7.91. The van der Waals surface area contributed by atoms with Crippen LogP contribution in [-0.4, -0.2) is 11.9 Å². The molecule has 1 N–H and O–H groups in total. The quantitative estimate of drug-likeness (QED) is 0.758. The highest BCUT2D eigenvalue weighted by Crippen LogP contribution is 2.46. The van der Waals surface area contributed by atoms with Crippen LogP contribution >= 0.6 is 11.9 Å². The van der Waals surface area contributed by atoms with Gasteiger partial charge in [-0.2, -0.15) is 5.26 Å². The first-order valence-corrected chi connectivity index (χ1v) is 9.13. The van der Waals surface area contributed by atoms with Crippen LogP contribution in [0.15, 0.2) is 42.0 Å². The second-order valence-corrected chi connectivity index (χ2v) is 7.07. The van der Waals surface area contributed by atoms with Gasteiger partial charge in [-0.1, -0.05) is 24.1 Å². The monoisotopic (exact) mass is 354 g/mol. The third-order valence-corrected chi connectivity index (χ3v) is 4.67. The van der Waals surface area contributed by atoms with E-state index in [0.29, 0.717) is 5.57 Å². The summed E-state index contributed by atoms with van der Waals surface area (Å²) in [6.45, 7) is 5.74. The van der Waals surface area contributed by atoms with E-state index in [-0.39, 0.29) is 5.82 Å². The first-order chi connectivity index (χ1) is 11.9. The summed E-state index contributed by atoms with van der Waals surface area (Å²) in [4.78, 5) is 0. The van der Waals surface area contributed by atoms with Gasteiger partial charge >= 0.3 is 0 Å². The predicted molar refractivity (Wildman–Crippen MR) is 101 cm³/mol. The van der Waals surface area contributed by atoms with Gasteiger partial charge in [0.15, 0.2) is 0 Å². The SMILES string of the molecule is CSNc1cc(C)c2c(c1)OC(C)(C)C(C#N)=C2c1ccc(F)cc1. The number of ether oxygens (including phenoxy) is 1. The number of nitriles is 1. The lowest BCUT2D eigenvalue weighted by atomic mass is 9.81. The van der Waals surface area contributed by atoms with E-state index in [9.17, 15) is 9.65 Å². The molecule has 0 spiro atoms. The van der Waals surface area contributed by atoms with E-state index >= 15 is 0 Å². The van der Waals surface area contributed by atoms with E-state index in [0.717, 1.165) is 33.7 Å². The summed E-state index contributed by atoms with van der Waals surface area (Å²) < 4.78 is 22.8. The Bertz CT molecular complexity index is 895. The Morgan fingerprint density at radius 3 is 2.48 bits per heavy atom. The number of hydrogen-bond donors (Lipinski definition) is 1. The van der Waals surface area contributed by atoms with E-state index in [2.05, 4.69) is 10.8 Å². The molecule has 3 nitrogen and oxygen atoms in total. The molecule has 1 aliphatic heterocycles. The molecule has 0 aromatic heterocycles. The number of aryl methyl sites for hydroxylation is 1. The van der Waals surface area contributed by atoms with E-state index in [1.165, 1.54) is 24.1 Å². The van der Waals surface area contributed by atoms with Crippen LogP contribution in [0.3, 0.4) is 0 Å². The molecule has 3 rings (SSSR count). The number of halogens is 1. The second kappa shape index (κ2) is 6.45. The molecule has 25 heavy (non-hydrogen) atoms. The Morgan fingerprint density at radius 1 is 1.20 bits per heavy atom. The van der Waals surface area contributed by atoms with E-state index in [1.807, 2.05) is 39.2 Å². The maximum absolute atomic E-state index is 13.4. The molecule has 2 aromatic rings. The molecule has 128 valence electrons. The van der Waals surface area contributed by atoms with Gasteiger partial charge in [0, 0.05) is 29.1 Å². The van der Waals surface area contributed by atoms with Crippen LogP contribution in [0.1, 0.15) is 30.5 Å². The minimum atomic E-state index is -0.768. The Morgan fingerprint density at radius 2 is 1.88 bits per heavy atom. The van der Waals surface area contributed by atoms with E-state index in [1.54, 1.807) is 12.1 Å².